The third kappa shape index (κ3) is 1.79. The average Bonchev–Trinajstić information content (AvgIpc) is 2.07. The van der Waals surface area contributed by atoms with Gasteiger partial charge in [0, 0.05) is 18.0 Å². The topological polar surface area (TPSA) is 35.2 Å². The Hall–Kier alpha value is -0.730. The van der Waals surface area contributed by atoms with Crippen molar-refractivity contribution in [3.63, 3.8) is 0 Å². The minimum absolute atomic E-state index is 0. The van der Waals surface area contributed by atoms with Crippen LogP contribution in [-0.4, -0.2) is 6.61 Å². The van der Waals surface area contributed by atoms with E-state index in [1.165, 1.54) is 5.56 Å². The van der Waals surface area contributed by atoms with Gasteiger partial charge in [0.15, 0.2) is 0 Å². The van der Waals surface area contributed by atoms with Gasteiger partial charge in [-0.25, -0.2) is 0 Å². The number of rotatable bonds is 0. The molecule has 2 N–H and O–H groups in total. The Labute approximate surface area is 84.5 Å². The zero-order valence-electron chi connectivity index (χ0n) is 7.62. The van der Waals surface area contributed by atoms with Gasteiger partial charge in [-0.2, -0.15) is 0 Å². The van der Waals surface area contributed by atoms with Crippen molar-refractivity contribution in [3.8, 4) is 5.75 Å². The molecule has 0 unspecified atom stereocenters. The fourth-order valence-corrected chi connectivity index (χ4v) is 1.61. The molecular weight excluding hydrogens is 186 g/mol. The third-order valence-electron chi connectivity index (χ3n) is 2.32. The van der Waals surface area contributed by atoms with Gasteiger partial charge in [0.05, 0.1) is 6.61 Å². The van der Waals surface area contributed by atoms with Crippen molar-refractivity contribution in [1.29, 1.82) is 0 Å². The molecule has 0 fully saturated rings. The molecule has 1 aliphatic heterocycles. The SMILES string of the molecule is Cc1cccc2c1OCC[C@@H]2N.Cl. The van der Waals surface area contributed by atoms with E-state index in [0.29, 0.717) is 0 Å². The number of aryl methyl sites for hydroxylation is 1. The normalized spacial score (nSPS) is 19.7. The molecule has 1 atom stereocenters. The van der Waals surface area contributed by atoms with Crippen LogP contribution in [0.2, 0.25) is 0 Å². The number of halogens is 1. The van der Waals surface area contributed by atoms with Crippen molar-refractivity contribution < 1.29 is 4.74 Å². The Morgan fingerprint density at radius 3 is 2.92 bits per heavy atom. The highest BCUT2D eigenvalue weighted by Gasteiger charge is 2.18. The van der Waals surface area contributed by atoms with E-state index in [0.717, 1.165) is 24.3 Å². The van der Waals surface area contributed by atoms with Crippen LogP contribution in [-0.2, 0) is 0 Å². The van der Waals surface area contributed by atoms with Gasteiger partial charge < -0.3 is 10.5 Å². The maximum absolute atomic E-state index is 5.94. The molecule has 0 saturated carbocycles. The fraction of sp³-hybridized carbons (Fsp3) is 0.400. The summed E-state index contributed by atoms with van der Waals surface area (Å²) < 4.78 is 5.54. The summed E-state index contributed by atoms with van der Waals surface area (Å²) >= 11 is 0. The molecule has 0 spiro atoms. The molecule has 0 aromatic heterocycles. The Morgan fingerprint density at radius 2 is 2.23 bits per heavy atom. The molecule has 2 rings (SSSR count). The molecule has 1 aromatic rings. The zero-order chi connectivity index (χ0) is 8.55. The molecule has 0 bridgehead atoms. The van der Waals surface area contributed by atoms with Crippen molar-refractivity contribution in [3.05, 3.63) is 29.3 Å². The van der Waals surface area contributed by atoms with E-state index in [2.05, 4.69) is 13.0 Å². The molecule has 1 aliphatic rings. The fourth-order valence-electron chi connectivity index (χ4n) is 1.61. The Balaban J connectivity index is 0.000000845. The van der Waals surface area contributed by atoms with E-state index in [1.807, 2.05) is 12.1 Å². The summed E-state index contributed by atoms with van der Waals surface area (Å²) in [6.45, 7) is 2.80. The predicted octanol–water partition coefficient (Wildman–Crippen LogP) is 2.20. The number of ether oxygens (including phenoxy) is 1. The summed E-state index contributed by atoms with van der Waals surface area (Å²) in [4.78, 5) is 0. The van der Waals surface area contributed by atoms with Crippen LogP contribution in [0.5, 0.6) is 5.75 Å². The maximum atomic E-state index is 5.94. The number of nitrogens with two attached hydrogens (primary N) is 1. The Kier molecular flexibility index (Phi) is 3.17. The van der Waals surface area contributed by atoms with Crippen molar-refractivity contribution in [2.45, 2.75) is 19.4 Å². The second-order valence-electron chi connectivity index (χ2n) is 3.24. The van der Waals surface area contributed by atoms with E-state index in [4.69, 9.17) is 10.5 Å². The van der Waals surface area contributed by atoms with Gasteiger partial charge in [-0.1, -0.05) is 18.2 Å². The number of benzene rings is 1. The zero-order valence-corrected chi connectivity index (χ0v) is 8.43. The number of para-hydroxylation sites is 1. The third-order valence-corrected chi connectivity index (χ3v) is 2.32. The molecule has 0 saturated heterocycles. The second-order valence-corrected chi connectivity index (χ2v) is 3.24. The van der Waals surface area contributed by atoms with Crippen molar-refractivity contribution in [2.75, 3.05) is 6.61 Å². The molecule has 1 aromatic carbocycles. The largest absolute Gasteiger partial charge is 0.493 e. The minimum Gasteiger partial charge on any atom is -0.493 e. The lowest BCUT2D eigenvalue weighted by Crippen LogP contribution is -2.20. The smallest absolute Gasteiger partial charge is 0.126 e. The number of hydrogen-bond donors (Lipinski definition) is 1. The van der Waals surface area contributed by atoms with E-state index < -0.39 is 0 Å². The lowest BCUT2D eigenvalue weighted by Gasteiger charge is -2.24. The first kappa shape index (κ1) is 10.4. The van der Waals surface area contributed by atoms with Crippen molar-refractivity contribution >= 4 is 12.4 Å². The van der Waals surface area contributed by atoms with Gasteiger partial charge >= 0.3 is 0 Å². The van der Waals surface area contributed by atoms with Gasteiger partial charge in [-0.15, -0.1) is 12.4 Å². The summed E-state index contributed by atoms with van der Waals surface area (Å²) in [5, 5.41) is 0. The highest BCUT2D eigenvalue weighted by molar-refractivity contribution is 5.85. The van der Waals surface area contributed by atoms with E-state index in [9.17, 15) is 0 Å². The van der Waals surface area contributed by atoms with Gasteiger partial charge in [0.25, 0.3) is 0 Å². The minimum atomic E-state index is 0. The summed E-state index contributed by atoms with van der Waals surface area (Å²) in [7, 11) is 0. The molecule has 2 nitrogen and oxygen atoms in total. The summed E-state index contributed by atoms with van der Waals surface area (Å²) in [5.74, 6) is 0.997. The highest BCUT2D eigenvalue weighted by atomic mass is 35.5. The van der Waals surface area contributed by atoms with Gasteiger partial charge in [-0.3, -0.25) is 0 Å². The number of fused-ring (bicyclic) bond motifs is 1. The first-order chi connectivity index (χ1) is 5.79. The van der Waals surface area contributed by atoms with E-state index >= 15 is 0 Å². The number of hydrogen-bond acceptors (Lipinski definition) is 2. The maximum Gasteiger partial charge on any atom is 0.126 e. The van der Waals surface area contributed by atoms with Gasteiger partial charge in [0.1, 0.15) is 5.75 Å². The van der Waals surface area contributed by atoms with Crippen LogP contribution in [0.1, 0.15) is 23.6 Å². The van der Waals surface area contributed by atoms with Gasteiger partial charge in [0.2, 0.25) is 0 Å². The quantitative estimate of drug-likeness (QED) is 0.696. The molecule has 72 valence electrons. The van der Waals surface area contributed by atoms with Crippen molar-refractivity contribution in [1.82, 2.24) is 0 Å². The predicted molar refractivity (Wildman–Crippen MR) is 55.5 cm³/mol. The molecule has 3 heteroatoms. The lowest BCUT2D eigenvalue weighted by atomic mass is 9.99. The first-order valence-electron chi connectivity index (χ1n) is 4.27. The Morgan fingerprint density at radius 1 is 1.46 bits per heavy atom. The van der Waals surface area contributed by atoms with E-state index in [-0.39, 0.29) is 18.4 Å². The summed E-state index contributed by atoms with van der Waals surface area (Å²) in [6, 6.07) is 6.29. The van der Waals surface area contributed by atoms with Gasteiger partial charge in [-0.05, 0) is 12.5 Å². The van der Waals surface area contributed by atoms with Crippen LogP contribution in [0.25, 0.3) is 0 Å². The summed E-state index contributed by atoms with van der Waals surface area (Å²) in [6.07, 6.45) is 0.927. The second kappa shape index (κ2) is 3.99. The molecule has 1 heterocycles. The molecular formula is C10H14ClNO. The monoisotopic (exact) mass is 199 g/mol. The van der Waals surface area contributed by atoms with Crippen LogP contribution < -0.4 is 10.5 Å². The highest BCUT2D eigenvalue weighted by Crippen LogP contribution is 2.32. The standard InChI is InChI=1S/C10H13NO.ClH/c1-7-3-2-4-8-9(11)5-6-12-10(7)8;/h2-4,9H,5-6,11H2,1H3;1H/t9-;/m0./s1. The van der Waals surface area contributed by atoms with Crippen LogP contribution in [0, 0.1) is 6.92 Å². The molecule has 13 heavy (non-hydrogen) atoms. The van der Waals surface area contributed by atoms with Crippen LogP contribution in [0.4, 0.5) is 0 Å². The van der Waals surface area contributed by atoms with Crippen molar-refractivity contribution in [2.24, 2.45) is 5.73 Å². The first-order valence-corrected chi connectivity index (χ1v) is 4.27. The van der Waals surface area contributed by atoms with Crippen LogP contribution >= 0.6 is 12.4 Å². The van der Waals surface area contributed by atoms with Crippen LogP contribution in [0.3, 0.4) is 0 Å². The molecule has 0 radical (unpaired) electrons. The molecule has 0 aliphatic carbocycles. The van der Waals surface area contributed by atoms with Crippen LogP contribution in [0.15, 0.2) is 18.2 Å². The van der Waals surface area contributed by atoms with E-state index in [1.54, 1.807) is 0 Å². The Bertz CT molecular complexity index is 301. The summed E-state index contributed by atoms with van der Waals surface area (Å²) in [5.41, 5.74) is 8.27. The molecule has 0 amide bonds. The lowest BCUT2D eigenvalue weighted by molar-refractivity contribution is 0.267. The average molecular weight is 200 g/mol.